The van der Waals surface area contributed by atoms with E-state index in [1.54, 1.807) is 18.2 Å². The van der Waals surface area contributed by atoms with Gasteiger partial charge in [-0.05, 0) is 0 Å². The highest BCUT2D eigenvalue weighted by Crippen LogP contribution is 2.34. The molecule has 0 aromatic carbocycles. The summed E-state index contributed by atoms with van der Waals surface area (Å²) in [4.78, 5) is 14.0. The second-order valence-corrected chi connectivity index (χ2v) is 4.70. The van der Waals surface area contributed by atoms with Gasteiger partial charge < -0.3 is 0 Å². The van der Waals surface area contributed by atoms with Crippen LogP contribution in [-0.4, -0.2) is 19.4 Å². The van der Waals surface area contributed by atoms with Crippen LogP contribution in [0.15, 0.2) is 45.7 Å². The maximum atomic E-state index is 11.5. The van der Waals surface area contributed by atoms with Crippen LogP contribution in [0.1, 0.15) is 0 Å². The number of fused-ring (bicyclic) bond motifs is 1. The molecule has 0 bridgehead atoms. The highest BCUT2D eigenvalue weighted by Gasteiger charge is 2.46. The molecule has 0 amide bonds. The smallest absolute Gasteiger partial charge is 0.266 e. The SMILES string of the molecule is O=NS(=O)(=O)C12C=CC=CC1=CN=C2. The summed E-state index contributed by atoms with van der Waals surface area (Å²) in [7, 11) is -4.11. The van der Waals surface area contributed by atoms with Gasteiger partial charge in [-0.25, -0.2) is 8.42 Å². The maximum absolute atomic E-state index is 11.5. The van der Waals surface area contributed by atoms with Crippen molar-refractivity contribution in [2.75, 3.05) is 0 Å². The van der Waals surface area contributed by atoms with E-state index in [1.165, 1.54) is 18.5 Å². The zero-order valence-electron chi connectivity index (χ0n) is 6.99. The number of rotatable bonds is 2. The van der Waals surface area contributed by atoms with E-state index in [4.69, 9.17) is 0 Å². The van der Waals surface area contributed by atoms with E-state index in [0.29, 0.717) is 5.57 Å². The monoisotopic (exact) mass is 210 g/mol. The zero-order valence-corrected chi connectivity index (χ0v) is 7.81. The van der Waals surface area contributed by atoms with E-state index in [-0.39, 0.29) is 0 Å². The Labute approximate surface area is 80.6 Å². The highest BCUT2D eigenvalue weighted by atomic mass is 32.2. The first kappa shape index (κ1) is 9.01. The largest absolute Gasteiger partial charge is 0.306 e. The van der Waals surface area contributed by atoms with Gasteiger partial charge >= 0.3 is 10.0 Å². The summed E-state index contributed by atoms with van der Waals surface area (Å²) in [5.41, 5.74) is 0.444. The summed E-state index contributed by atoms with van der Waals surface area (Å²) in [6, 6.07) is 0. The first-order valence-electron chi connectivity index (χ1n) is 3.82. The molecule has 0 aromatic rings. The summed E-state index contributed by atoms with van der Waals surface area (Å²) in [5.74, 6) is 0. The lowest BCUT2D eigenvalue weighted by atomic mass is 9.97. The molecular weight excluding hydrogens is 204 g/mol. The van der Waals surface area contributed by atoms with E-state index in [2.05, 4.69) is 9.57 Å². The molecular formula is C8H6N2O3S. The van der Waals surface area contributed by atoms with Crippen molar-refractivity contribution in [2.45, 2.75) is 4.75 Å². The molecule has 5 nitrogen and oxygen atoms in total. The van der Waals surface area contributed by atoms with E-state index < -0.39 is 14.8 Å². The fourth-order valence-electron chi connectivity index (χ4n) is 1.44. The molecule has 6 heteroatoms. The standard InChI is InChI=1S/C8H6N2O3S/c11-10-14(12,13)8-4-2-1-3-7(8)5-9-6-8/h1-6H. The van der Waals surface area contributed by atoms with Crippen LogP contribution in [0.25, 0.3) is 0 Å². The molecule has 1 heterocycles. The van der Waals surface area contributed by atoms with Crippen molar-refractivity contribution in [1.29, 1.82) is 0 Å². The Balaban J connectivity index is 2.67. The summed E-state index contributed by atoms with van der Waals surface area (Å²) in [6.07, 6.45) is 8.83. The van der Waals surface area contributed by atoms with Crippen molar-refractivity contribution < 1.29 is 8.42 Å². The van der Waals surface area contributed by atoms with Gasteiger partial charge in [0.05, 0.1) is 4.58 Å². The summed E-state index contributed by atoms with van der Waals surface area (Å²) >= 11 is 0. The molecule has 0 spiro atoms. The highest BCUT2D eigenvalue weighted by molar-refractivity contribution is 7.92. The first-order valence-corrected chi connectivity index (χ1v) is 5.26. The fourth-order valence-corrected chi connectivity index (χ4v) is 2.42. The third-order valence-corrected chi connectivity index (χ3v) is 3.71. The van der Waals surface area contributed by atoms with Crippen LogP contribution in [0.5, 0.6) is 0 Å². The molecule has 0 saturated heterocycles. The van der Waals surface area contributed by atoms with Crippen LogP contribution < -0.4 is 0 Å². The number of aliphatic imine (C=N–C) groups is 1. The van der Waals surface area contributed by atoms with E-state index in [9.17, 15) is 13.3 Å². The number of nitroso groups, excluding NO2 is 1. The molecule has 1 aliphatic carbocycles. The van der Waals surface area contributed by atoms with Gasteiger partial charge in [-0.2, -0.15) is 0 Å². The Morgan fingerprint density at radius 2 is 2.14 bits per heavy atom. The molecule has 2 aliphatic rings. The average molecular weight is 210 g/mol. The quantitative estimate of drug-likeness (QED) is 0.636. The van der Waals surface area contributed by atoms with Gasteiger partial charge in [-0.15, -0.1) is 4.91 Å². The zero-order chi connectivity index (χ0) is 10.2. The van der Waals surface area contributed by atoms with Gasteiger partial charge in [0, 0.05) is 18.0 Å². The van der Waals surface area contributed by atoms with Crippen molar-refractivity contribution in [3.8, 4) is 0 Å². The summed E-state index contributed by atoms with van der Waals surface area (Å²) < 4.78 is 23.6. The van der Waals surface area contributed by atoms with Crippen molar-refractivity contribution in [2.24, 2.45) is 9.57 Å². The maximum Gasteiger partial charge on any atom is 0.306 e. The van der Waals surface area contributed by atoms with E-state index in [0.717, 1.165) is 0 Å². The van der Waals surface area contributed by atoms with Crippen LogP contribution in [0, 0.1) is 4.91 Å². The third kappa shape index (κ3) is 0.941. The lowest BCUT2D eigenvalue weighted by Gasteiger charge is -2.21. The molecule has 14 heavy (non-hydrogen) atoms. The predicted molar refractivity (Wildman–Crippen MR) is 52.3 cm³/mol. The van der Waals surface area contributed by atoms with E-state index >= 15 is 0 Å². The van der Waals surface area contributed by atoms with Gasteiger partial charge in [-0.1, -0.05) is 24.3 Å². The van der Waals surface area contributed by atoms with Gasteiger partial charge in [0.2, 0.25) is 0 Å². The molecule has 0 radical (unpaired) electrons. The average Bonchev–Trinajstić information content (AvgIpc) is 2.62. The van der Waals surface area contributed by atoms with Crippen LogP contribution in [0.4, 0.5) is 0 Å². The Kier molecular flexibility index (Phi) is 1.75. The molecule has 0 fully saturated rings. The number of sulfonamides is 1. The molecule has 0 aromatic heterocycles. The Hall–Kier alpha value is -1.56. The van der Waals surface area contributed by atoms with Gasteiger partial charge in [-0.3, -0.25) is 4.99 Å². The van der Waals surface area contributed by atoms with Crippen LogP contribution in [-0.2, 0) is 10.0 Å². The van der Waals surface area contributed by atoms with Crippen LogP contribution in [0.3, 0.4) is 0 Å². The normalized spacial score (nSPS) is 28.7. The predicted octanol–water partition coefficient (Wildman–Crippen LogP) is 0.916. The topological polar surface area (TPSA) is 75.9 Å². The molecule has 72 valence electrons. The van der Waals surface area contributed by atoms with Crippen LogP contribution in [0.2, 0.25) is 0 Å². The van der Waals surface area contributed by atoms with Gasteiger partial charge in [0.25, 0.3) is 0 Å². The van der Waals surface area contributed by atoms with E-state index in [1.807, 2.05) is 0 Å². The van der Waals surface area contributed by atoms with Crippen molar-refractivity contribution >= 4 is 16.2 Å². The van der Waals surface area contributed by atoms with Crippen molar-refractivity contribution in [1.82, 2.24) is 0 Å². The Morgan fingerprint density at radius 3 is 2.86 bits per heavy atom. The molecule has 1 unspecified atom stereocenters. The Bertz CT molecular complexity index is 499. The van der Waals surface area contributed by atoms with Crippen LogP contribution >= 0.6 is 0 Å². The van der Waals surface area contributed by atoms with Gasteiger partial charge in [0.1, 0.15) is 0 Å². The number of hydrogen-bond acceptors (Lipinski definition) is 4. The summed E-state index contributed by atoms with van der Waals surface area (Å²) in [5, 5.41) is 0. The molecule has 2 rings (SSSR count). The minimum Gasteiger partial charge on any atom is -0.266 e. The second-order valence-electron chi connectivity index (χ2n) is 2.92. The minimum absolute atomic E-state index is 0.444. The summed E-state index contributed by atoms with van der Waals surface area (Å²) in [6.45, 7) is 0. The fraction of sp³-hybridized carbons (Fsp3) is 0.125. The minimum atomic E-state index is -4.11. The molecule has 0 N–H and O–H groups in total. The first-order chi connectivity index (χ1) is 6.62. The third-order valence-electron chi connectivity index (χ3n) is 2.19. The number of allylic oxidation sites excluding steroid dienone is 3. The Morgan fingerprint density at radius 1 is 1.36 bits per heavy atom. The van der Waals surface area contributed by atoms with Crippen molar-refractivity contribution in [3.63, 3.8) is 0 Å². The number of nitrogens with zero attached hydrogens (tertiary/aromatic N) is 2. The lowest BCUT2D eigenvalue weighted by Crippen LogP contribution is -2.37. The molecule has 1 aliphatic heterocycles. The molecule has 0 saturated carbocycles. The number of hydrogen-bond donors (Lipinski definition) is 0. The van der Waals surface area contributed by atoms with Gasteiger partial charge in [0.15, 0.2) is 4.75 Å². The van der Waals surface area contributed by atoms with Crippen molar-refractivity contribution in [3.05, 3.63) is 41.0 Å². The molecule has 1 atom stereocenters. The second kappa shape index (κ2) is 2.71. The lowest BCUT2D eigenvalue weighted by molar-refractivity contribution is 0.589.